The highest BCUT2D eigenvalue weighted by molar-refractivity contribution is 6.30. The Bertz CT molecular complexity index is 647. The van der Waals surface area contributed by atoms with Crippen LogP contribution in [-0.4, -0.2) is 9.91 Å². The summed E-state index contributed by atoms with van der Waals surface area (Å²) >= 11 is 5.84. The minimum atomic E-state index is -0.542. The van der Waals surface area contributed by atoms with Gasteiger partial charge in [0, 0.05) is 35.0 Å². The second kappa shape index (κ2) is 5.85. The molecule has 0 unspecified atom stereocenters. The Morgan fingerprint density at radius 3 is 2.85 bits per heavy atom. The number of hydrogen-bond acceptors (Lipinski definition) is 5. The topological polar surface area (TPSA) is 91.3 Å². The number of hydrogen-bond donors (Lipinski definition) is 1. The van der Waals surface area contributed by atoms with E-state index in [1.165, 1.54) is 24.4 Å². The van der Waals surface area contributed by atoms with Crippen molar-refractivity contribution in [2.75, 3.05) is 0 Å². The molecule has 0 aliphatic heterocycles. The lowest BCUT2D eigenvalue weighted by atomic mass is 10.1. The number of aromatic nitrogens is 1. The van der Waals surface area contributed by atoms with Gasteiger partial charge in [-0.05, 0) is 19.1 Å². The molecular formula is C13H12ClN3O3. The van der Waals surface area contributed by atoms with E-state index in [-0.39, 0.29) is 23.4 Å². The molecule has 2 aromatic rings. The summed E-state index contributed by atoms with van der Waals surface area (Å²) in [6.45, 7) is 1.77. The zero-order valence-corrected chi connectivity index (χ0v) is 11.4. The molecular weight excluding hydrogens is 282 g/mol. The Labute approximate surface area is 120 Å². The molecule has 7 heteroatoms. The average Bonchev–Trinajstić information content (AvgIpc) is 2.38. The Balaban J connectivity index is 2.45. The lowest BCUT2D eigenvalue weighted by molar-refractivity contribution is -0.385. The minimum Gasteiger partial charge on any atom is -0.431 e. The number of nitrogens with zero attached hydrogens (tertiary/aromatic N) is 2. The van der Waals surface area contributed by atoms with Crippen LogP contribution in [0.3, 0.4) is 0 Å². The van der Waals surface area contributed by atoms with Crippen molar-refractivity contribution < 1.29 is 9.66 Å². The van der Waals surface area contributed by atoms with Crippen molar-refractivity contribution in [1.82, 2.24) is 4.98 Å². The largest absolute Gasteiger partial charge is 0.431 e. The summed E-state index contributed by atoms with van der Waals surface area (Å²) in [5, 5.41) is 11.3. The van der Waals surface area contributed by atoms with Crippen LogP contribution in [0.5, 0.6) is 11.6 Å². The molecule has 1 aromatic heterocycles. The molecule has 1 heterocycles. The first kappa shape index (κ1) is 14.2. The van der Waals surface area contributed by atoms with E-state index in [0.717, 1.165) is 0 Å². The fraction of sp³-hybridized carbons (Fsp3) is 0.154. The van der Waals surface area contributed by atoms with E-state index in [9.17, 15) is 10.1 Å². The van der Waals surface area contributed by atoms with Crippen LogP contribution in [0.1, 0.15) is 18.5 Å². The molecule has 0 saturated carbocycles. The third-order valence-corrected chi connectivity index (χ3v) is 2.85. The Kier molecular flexibility index (Phi) is 4.16. The quantitative estimate of drug-likeness (QED) is 0.688. The number of nitro groups is 1. The number of nitro benzene ring substituents is 1. The average molecular weight is 294 g/mol. The number of rotatable bonds is 4. The number of pyridine rings is 1. The number of ether oxygens (including phenoxy) is 1. The minimum absolute atomic E-state index is 0.0306. The van der Waals surface area contributed by atoms with Gasteiger partial charge in [0.25, 0.3) is 0 Å². The molecule has 0 aliphatic rings. The van der Waals surface area contributed by atoms with Crippen LogP contribution in [0.15, 0.2) is 36.5 Å². The first-order valence-corrected chi connectivity index (χ1v) is 6.19. The summed E-state index contributed by atoms with van der Waals surface area (Å²) in [4.78, 5) is 14.5. The first-order valence-electron chi connectivity index (χ1n) is 5.81. The predicted octanol–water partition coefficient (Wildman–Crippen LogP) is 3.46. The highest BCUT2D eigenvalue weighted by Crippen LogP contribution is 2.34. The van der Waals surface area contributed by atoms with Gasteiger partial charge in [-0.1, -0.05) is 17.7 Å². The lowest BCUT2D eigenvalue weighted by Crippen LogP contribution is -2.07. The molecule has 0 saturated heterocycles. The molecule has 1 atom stereocenters. The normalized spacial score (nSPS) is 11.9. The Morgan fingerprint density at radius 2 is 2.20 bits per heavy atom. The van der Waals surface area contributed by atoms with Crippen molar-refractivity contribution >= 4 is 17.3 Å². The molecule has 2 rings (SSSR count). The molecule has 0 fully saturated rings. The van der Waals surface area contributed by atoms with Crippen molar-refractivity contribution in [2.24, 2.45) is 5.73 Å². The van der Waals surface area contributed by atoms with Crippen molar-refractivity contribution in [2.45, 2.75) is 13.0 Å². The molecule has 104 valence electrons. The van der Waals surface area contributed by atoms with E-state index in [1.807, 2.05) is 0 Å². The summed E-state index contributed by atoms with van der Waals surface area (Å²) < 4.78 is 5.53. The van der Waals surface area contributed by atoms with Crippen molar-refractivity contribution in [1.29, 1.82) is 0 Å². The third-order valence-electron chi connectivity index (χ3n) is 2.62. The smallest absolute Gasteiger partial charge is 0.311 e. The van der Waals surface area contributed by atoms with Gasteiger partial charge >= 0.3 is 5.69 Å². The maximum absolute atomic E-state index is 11.0. The predicted molar refractivity (Wildman–Crippen MR) is 75.0 cm³/mol. The molecule has 20 heavy (non-hydrogen) atoms. The van der Waals surface area contributed by atoms with Gasteiger partial charge in [0.1, 0.15) is 0 Å². The highest BCUT2D eigenvalue weighted by atomic mass is 35.5. The lowest BCUT2D eigenvalue weighted by Gasteiger charge is -2.12. The van der Waals surface area contributed by atoms with Crippen LogP contribution in [-0.2, 0) is 0 Å². The summed E-state index contributed by atoms with van der Waals surface area (Å²) in [5.74, 6) is 0.260. The summed E-state index contributed by atoms with van der Waals surface area (Å²) in [6, 6.07) is 7.25. The monoisotopic (exact) mass is 293 g/mol. The molecule has 0 radical (unpaired) electrons. The maximum atomic E-state index is 11.0. The highest BCUT2D eigenvalue weighted by Gasteiger charge is 2.18. The van der Waals surface area contributed by atoms with E-state index in [0.29, 0.717) is 10.6 Å². The van der Waals surface area contributed by atoms with Gasteiger partial charge in [-0.2, -0.15) is 0 Å². The van der Waals surface area contributed by atoms with Crippen molar-refractivity contribution in [3.63, 3.8) is 0 Å². The van der Waals surface area contributed by atoms with Gasteiger partial charge in [0.2, 0.25) is 11.6 Å². The van der Waals surface area contributed by atoms with Gasteiger partial charge in [0.15, 0.2) is 0 Å². The fourth-order valence-electron chi connectivity index (χ4n) is 1.66. The van der Waals surface area contributed by atoms with Gasteiger partial charge in [-0.25, -0.2) is 4.98 Å². The van der Waals surface area contributed by atoms with Gasteiger partial charge in [-0.15, -0.1) is 0 Å². The van der Waals surface area contributed by atoms with Crippen molar-refractivity contribution in [3.8, 4) is 11.6 Å². The molecule has 0 aliphatic carbocycles. The zero-order chi connectivity index (χ0) is 14.7. The zero-order valence-electron chi connectivity index (χ0n) is 10.6. The third kappa shape index (κ3) is 3.04. The molecule has 2 N–H and O–H groups in total. The van der Waals surface area contributed by atoms with Crippen molar-refractivity contribution in [3.05, 3.63) is 57.2 Å². The van der Waals surface area contributed by atoms with E-state index in [1.54, 1.807) is 19.1 Å². The maximum Gasteiger partial charge on any atom is 0.311 e. The van der Waals surface area contributed by atoms with E-state index < -0.39 is 4.92 Å². The van der Waals surface area contributed by atoms with Crippen LogP contribution in [0.4, 0.5) is 5.69 Å². The number of halogens is 1. The second-order valence-electron chi connectivity index (χ2n) is 4.16. The molecule has 1 aromatic carbocycles. The first-order chi connectivity index (χ1) is 9.49. The van der Waals surface area contributed by atoms with Crippen LogP contribution in [0.25, 0.3) is 0 Å². The molecule has 0 amide bonds. The van der Waals surface area contributed by atoms with E-state index in [4.69, 9.17) is 22.1 Å². The van der Waals surface area contributed by atoms with Crippen LogP contribution < -0.4 is 10.5 Å². The second-order valence-corrected chi connectivity index (χ2v) is 4.59. The van der Waals surface area contributed by atoms with Gasteiger partial charge < -0.3 is 10.5 Å². The van der Waals surface area contributed by atoms with Crippen LogP contribution >= 0.6 is 11.6 Å². The van der Waals surface area contributed by atoms with E-state index in [2.05, 4.69) is 4.98 Å². The SMILES string of the molecule is C[C@H](N)c1cccnc1Oc1cc(Cl)ccc1[N+](=O)[O-]. The van der Waals surface area contributed by atoms with E-state index >= 15 is 0 Å². The number of benzene rings is 1. The standard InChI is InChI=1S/C13H12ClN3O3/c1-8(15)10-3-2-6-16-13(10)20-12-7-9(14)4-5-11(12)17(18)19/h2-8H,15H2,1H3/t8-/m0/s1. The summed E-state index contributed by atoms with van der Waals surface area (Å²) in [7, 11) is 0. The van der Waals surface area contributed by atoms with Gasteiger partial charge in [0.05, 0.1) is 4.92 Å². The number of nitrogens with two attached hydrogens (primary N) is 1. The summed E-state index contributed by atoms with van der Waals surface area (Å²) in [5.41, 5.74) is 6.29. The Hall–Kier alpha value is -2.18. The molecule has 0 spiro atoms. The van der Waals surface area contributed by atoms with Crippen LogP contribution in [0.2, 0.25) is 5.02 Å². The molecule has 0 bridgehead atoms. The van der Waals surface area contributed by atoms with Crippen LogP contribution in [0, 0.1) is 10.1 Å². The Morgan fingerprint density at radius 1 is 1.45 bits per heavy atom. The molecule has 6 nitrogen and oxygen atoms in total. The van der Waals surface area contributed by atoms with Gasteiger partial charge in [-0.3, -0.25) is 10.1 Å². The fourth-order valence-corrected chi connectivity index (χ4v) is 1.82. The summed E-state index contributed by atoms with van der Waals surface area (Å²) in [6.07, 6.45) is 1.53.